The molecule has 20 heavy (non-hydrogen) atoms. The largest absolute Gasteiger partial charge is 0.488 e. The average molecular weight is 275 g/mol. The number of aliphatic hydroxyl groups excluding tert-OH is 1. The Morgan fingerprint density at radius 1 is 1.40 bits per heavy atom. The number of fused-ring (bicyclic) bond motifs is 1. The number of para-hydroxylation sites is 1. The van der Waals surface area contributed by atoms with Gasteiger partial charge < -0.3 is 15.2 Å². The number of rotatable bonds is 3. The Morgan fingerprint density at radius 2 is 2.10 bits per heavy atom. The molecule has 1 aliphatic heterocycles. The van der Waals surface area contributed by atoms with Gasteiger partial charge in [0.05, 0.1) is 11.7 Å². The normalized spacial score (nSPS) is 15.7. The highest BCUT2D eigenvalue weighted by Gasteiger charge is 2.23. The van der Waals surface area contributed by atoms with Crippen molar-refractivity contribution in [1.29, 1.82) is 0 Å². The van der Waals surface area contributed by atoms with Crippen molar-refractivity contribution in [2.45, 2.75) is 26.9 Å². The van der Waals surface area contributed by atoms with Crippen LogP contribution in [-0.2, 0) is 4.79 Å². The lowest BCUT2D eigenvalue weighted by Crippen LogP contribution is -2.40. The Morgan fingerprint density at radius 3 is 2.80 bits per heavy atom. The second kappa shape index (κ2) is 5.67. The number of hydrogen-bond acceptors (Lipinski definition) is 3. The summed E-state index contributed by atoms with van der Waals surface area (Å²) in [6, 6.07) is 7.59. The number of nitrogens with one attached hydrogen (secondary N) is 1. The van der Waals surface area contributed by atoms with E-state index >= 15 is 0 Å². The van der Waals surface area contributed by atoms with Crippen molar-refractivity contribution in [2.24, 2.45) is 5.41 Å². The van der Waals surface area contributed by atoms with Crippen LogP contribution in [0, 0.1) is 5.41 Å². The maximum atomic E-state index is 12.1. The molecular formula is C16H21NO3. The maximum Gasteiger partial charge on any atom is 0.250 e. The van der Waals surface area contributed by atoms with E-state index in [0.717, 1.165) is 11.3 Å². The Labute approximate surface area is 119 Å². The zero-order valence-corrected chi connectivity index (χ0v) is 12.1. The first kappa shape index (κ1) is 14.6. The molecule has 1 amide bonds. The van der Waals surface area contributed by atoms with E-state index in [1.165, 1.54) is 0 Å². The van der Waals surface area contributed by atoms with E-state index in [1.54, 1.807) is 0 Å². The van der Waals surface area contributed by atoms with Gasteiger partial charge in [-0.1, -0.05) is 39.0 Å². The summed E-state index contributed by atoms with van der Waals surface area (Å²) in [7, 11) is 0. The fourth-order valence-corrected chi connectivity index (χ4v) is 1.86. The van der Waals surface area contributed by atoms with Crippen molar-refractivity contribution in [3.8, 4) is 5.75 Å². The topological polar surface area (TPSA) is 58.6 Å². The lowest BCUT2D eigenvalue weighted by molar-refractivity contribution is -0.118. The number of amides is 1. The van der Waals surface area contributed by atoms with Gasteiger partial charge in [-0.05, 0) is 17.6 Å². The fraction of sp³-hybridized carbons (Fsp3) is 0.438. The van der Waals surface area contributed by atoms with Crippen molar-refractivity contribution in [3.05, 3.63) is 35.4 Å². The molecule has 2 N–H and O–H groups in total. The molecule has 0 radical (unpaired) electrons. The summed E-state index contributed by atoms with van der Waals surface area (Å²) in [5.41, 5.74) is 1.22. The molecule has 0 saturated heterocycles. The molecule has 1 aromatic carbocycles. The molecule has 0 spiro atoms. The molecule has 4 heteroatoms. The molecule has 108 valence electrons. The van der Waals surface area contributed by atoms with Gasteiger partial charge in [0.1, 0.15) is 12.4 Å². The summed E-state index contributed by atoms with van der Waals surface area (Å²) >= 11 is 0. The van der Waals surface area contributed by atoms with Crippen LogP contribution in [0.5, 0.6) is 5.75 Å². The Hall–Kier alpha value is -1.81. The van der Waals surface area contributed by atoms with E-state index in [2.05, 4.69) is 5.32 Å². The van der Waals surface area contributed by atoms with E-state index in [9.17, 15) is 9.90 Å². The zero-order valence-electron chi connectivity index (χ0n) is 12.1. The van der Waals surface area contributed by atoms with Crippen molar-refractivity contribution < 1.29 is 14.6 Å². The number of benzene rings is 1. The molecule has 0 saturated carbocycles. The monoisotopic (exact) mass is 275 g/mol. The number of aliphatic hydroxyl groups is 1. The molecule has 0 bridgehead atoms. The van der Waals surface area contributed by atoms with Gasteiger partial charge >= 0.3 is 0 Å². The third-order valence-corrected chi connectivity index (χ3v) is 3.38. The number of carbonyl (C=O) groups is 1. The highest BCUT2D eigenvalue weighted by molar-refractivity contribution is 5.99. The molecular weight excluding hydrogens is 254 g/mol. The lowest BCUT2D eigenvalue weighted by Gasteiger charge is -2.26. The molecule has 1 atom stereocenters. The van der Waals surface area contributed by atoms with Crippen LogP contribution >= 0.6 is 0 Å². The first-order chi connectivity index (χ1) is 9.38. The van der Waals surface area contributed by atoms with E-state index < -0.39 is 6.10 Å². The van der Waals surface area contributed by atoms with E-state index in [1.807, 2.05) is 51.1 Å². The van der Waals surface area contributed by atoms with E-state index in [4.69, 9.17) is 4.74 Å². The molecule has 1 aromatic rings. The summed E-state index contributed by atoms with van der Waals surface area (Å²) in [5, 5.41) is 12.7. The van der Waals surface area contributed by atoms with Crippen molar-refractivity contribution in [3.63, 3.8) is 0 Å². The predicted octanol–water partition coefficient (Wildman–Crippen LogP) is 1.99. The van der Waals surface area contributed by atoms with Gasteiger partial charge in [-0.3, -0.25) is 4.79 Å². The van der Waals surface area contributed by atoms with E-state index in [0.29, 0.717) is 5.57 Å². The molecule has 1 aliphatic rings. The quantitative estimate of drug-likeness (QED) is 0.887. The molecule has 0 aliphatic carbocycles. The van der Waals surface area contributed by atoms with Crippen LogP contribution in [0.25, 0.3) is 6.08 Å². The molecule has 4 nitrogen and oxygen atoms in total. The van der Waals surface area contributed by atoms with Gasteiger partial charge in [0.15, 0.2) is 0 Å². The third kappa shape index (κ3) is 3.39. The minimum absolute atomic E-state index is 0.192. The van der Waals surface area contributed by atoms with Crippen LogP contribution in [0.15, 0.2) is 29.8 Å². The van der Waals surface area contributed by atoms with Crippen LogP contribution in [0.2, 0.25) is 0 Å². The molecule has 2 rings (SSSR count). The van der Waals surface area contributed by atoms with Gasteiger partial charge in [0.2, 0.25) is 0 Å². The summed E-state index contributed by atoms with van der Waals surface area (Å²) < 4.78 is 5.54. The summed E-state index contributed by atoms with van der Waals surface area (Å²) in [6.45, 7) is 6.30. The lowest BCUT2D eigenvalue weighted by atomic mass is 9.89. The van der Waals surface area contributed by atoms with Crippen molar-refractivity contribution >= 4 is 12.0 Å². The maximum absolute atomic E-state index is 12.1. The average Bonchev–Trinajstić information content (AvgIpc) is 2.42. The van der Waals surface area contributed by atoms with Crippen LogP contribution < -0.4 is 10.1 Å². The summed E-state index contributed by atoms with van der Waals surface area (Å²) in [6.07, 6.45) is 1.25. The highest BCUT2D eigenvalue weighted by Crippen LogP contribution is 2.25. The molecule has 1 unspecified atom stereocenters. The number of carbonyl (C=O) groups excluding carboxylic acids is 1. The Balaban J connectivity index is 2.00. The minimum Gasteiger partial charge on any atom is -0.488 e. The van der Waals surface area contributed by atoms with Gasteiger partial charge in [0, 0.05) is 12.1 Å². The third-order valence-electron chi connectivity index (χ3n) is 3.38. The standard InChI is InChI=1S/C16H21NO3/c1-16(2,3)14(18)9-17-15(19)12-8-11-6-4-5-7-13(11)20-10-12/h4-8,14,18H,9-10H2,1-3H3,(H,17,19). The Kier molecular flexibility index (Phi) is 4.14. The molecule has 1 heterocycles. The van der Waals surface area contributed by atoms with Gasteiger partial charge in [-0.15, -0.1) is 0 Å². The van der Waals surface area contributed by atoms with Crippen LogP contribution in [0.4, 0.5) is 0 Å². The molecule has 0 aromatic heterocycles. The Bertz CT molecular complexity index is 529. The number of ether oxygens (including phenoxy) is 1. The first-order valence-corrected chi connectivity index (χ1v) is 6.76. The fourth-order valence-electron chi connectivity index (χ4n) is 1.86. The minimum atomic E-state index is -0.580. The summed E-state index contributed by atoms with van der Waals surface area (Å²) in [5.74, 6) is 0.599. The second-order valence-corrected chi connectivity index (χ2v) is 6.09. The van der Waals surface area contributed by atoms with Gasteiger partial charge in [-0.2, -0.15) is 0 Å². The highest BCUT2D eigenvalue weighted by atomic mass is 16.5. The first-order valence-electron chi connectivity index (χ1n) is 6.76. The van der Waals surface area contributed by atoms with Crippen LogP contribution in [-0.4, -0.2) is 30.3 Å². The predicted molar refractivity (Wildman–Crippen MR) is 78.4 cm³/mol. The zero-order chi connectivity index (χ0) is 14.8. The number of hydrogen-bond donors (Lipinski definition) is 2. The van der Waals surface area contributed by atoms with Gasteiger partial charge in [-0.25, -0.2) is 0 Å². The SMILES string of the molecule is CC(C)(C)C(O)CNC(=O)C1=Cc2ccccc2OC1. The van der Waals surface area contributed by atoms with Crippen molar-refractivity contribution in [2.75, 3.05) is 13.2 Å². The van der Waals surface area contributed by atoms with Crippen molar-refractivity contribution in [1.82, 2.24) is 5.32 Å². The van der Waals surface area contributed by atoms with Crippen LogP contribution in [0.3, 0.4) is 0 Å². The van der Waals surface area contributed by atoms with Crippen LogP contribution in [0.1, 0.15) is 26.3 Å². The molecule has 0 fully saturated rings. The second-order valence-electron chi connectivity index (χ2n) is 6.09. The van der Waals surface area contributed by atoms with E-state index in [-0.39, 0.29) is 24.5 Å². The van der Waals surface area contributed by atoms with Gasteiger partial charge in [0.25, 0.3) is 5.91 Å². The summed E-state index contributed by atoms with van der Waals surface area (Å²) in [4.78, 5) is 12.1. The smallest absolute Gasteiger partial charge is 0.250 e.